The van der Waals surface area contributed by atoms with Gasteiger partial charge in [0, 0.05) is 5.57 Å². The monoisotopic (exact) mass is 197 g/mol. The molecule has 1 aromatic rings. The minimum absolute atomic E-state index is 0.111. The van der Waals surface area contributed by atoms with Gasteiger partial charge in [0.1, 0.15) is 0 Å². The smallest absolute Gasteiger partial charge is 0.182 e. The highest BCUT2D eigenvalue weighted by atomic mass is 16.1. The van der Waals surface area contributed by atoms with Crippen molar-refractivity contribution in [2.24, 2.45) is 0 Å². The van der Waals surface area contributed by atoms with Gasteiger partial charge in [0.2, 0.25) is 0 Å². The van der Waals surface area contributed by atoms with Crippen LogP contribution >= 0.6 is 0 Å². The van der Waals surface area contributed by atoms with Crippen LogP contribution in [0.4, 0.5) is 0 Å². The molecule has 15 heavy (non-hydrogen) atoms. The zero-order chi connectivity index (χ0) is 11.1. The van der Waals surface area contributed by atoms with Gasteiger partial charge in [0.15, 0.2) is 5.78 Å². The predicted octanol–water partition coefficient (Wildman–Crippen LogP) is 2.74. The van der Waals surface area contributed by atoms with Gasteiger partial charge < -0.3 is 0 Å². The van der Waals surface area contributed by atoms with Crippen molar-refractivity contribution in [3.63, 3.8) is 0 Å². The number of hydrogen-bond donors (Lipinski definition) is 0. The molecule has 0 spiro atoms. The third-order valence-corrected chi connectivity index (χ3v) is 1.91. The molecule has 0 N–H and O–H groups in total. The summed E-state index contributed by atoms with van der Waals surface area (Å²) in [4.78, 5) is 11.4. The third-order valence-electron chi connectivity index (χ3n) is 1.91. The number of nitriles is 1. The van der Waals surface area contributed by atoms with Crippen LogP contribution in [-0.2, 0) is 4.79 Å². The molecular weight excluding hydrogens is 186 g/mol. The van der Waals surface area contributed by atoms with Crippen LogP contribution in [0.5, 0.6) is 0 Å². The highest BCUT2D eigenvalue weighted by Crippen LogP contribution is 2.10. The van der Waals surface area contributed by atoms with Crippen molar-refractivity contribution in [1.82, 2.24) is 0 Å². The predicted molar refractivity (Wildman–Crippen MR) is 59.9 cm³/mol. The molecule has 74 valence electrons. The molecular formula is C13H11NO. The van der Waals surface area contributed by atoms with E-state index in [4.69, 9.17) is 5.26 Å². The lowest BCUT2D eigenvalue weighted by Gasteiger charge is -1.98. The Kier molecular flexibility index (Phi) is 4.05. The summed E-state index contributed by atoms with van der Waals surface area (Å²) in [5.41, 5.74) is 1.39. The highest BCUT2D eigenvalue weighted by molar-refractivity contribution is 6.06. The first-order valence-electron chi connectivity index (χ1n) is 4.57. The first-order chi connectivity index (χ1) is 7.27. The third kappa shape index (κ3) is 3.24. The topological polar surface area (TPSA) is 40.9 Å². The first-order valence-corrected chi connectivity index (χ1v) is 4.57. The Morgan fingerprint density at radius 2 is 2.07 bits per heavy atom. The van der Waals surface area contributed by atoms with E-state index in [0.29, 0.717) is 5.57 Å². The maximum atomic E-state index is 11.4. The lowest BCUT2D eigenvalue weighted by Crippen LogP contribution is -1.96. The van der Waals surface area contributed by atoms with E-state index in [1.165, 1.54) is 6.08 Å². The van der Waals surface area contributed by atoms with Crippen LogP contribution in [0.3, 0.4) is 0 Å². The molecule has 0 aliphatic carbocycles. The van der Waals surface area contributed by atoms with Crippen LogP contribution in [0.15, 0.2) is 48.6 Å². The van der Waals surface area contributed by atoms with Crippen LogP contribution in [0.1, 0.15) is 12.0 Å². The van der Waals surface area contributed by atoms with Crippen molar-refractivity contribution in [3.8, 4) is 6.07 Å². The minimum atomic E-state index is -0.194. The number of allylic oxidation sites excluding steroid dienone is 2. The molecule has 0 heterocycles. The summed E-state index contributed by atoms with van der Waals surface area (Å²) in [5.74, 6) is -0.194. The number of rotatable bonds is 4. The van der Waals surface area contributed by atoms with Gasteiger partial charge >= 0.3 is 0 Å². The van der Waals surface area contributed by atoms with E-state index in [-0.39, 0.29) is 12.2 Å². The van der Waals surface area contributed by atoms with Crippen LogP contribution in [0.2, 0.25) is 0 Å². The Labute approximate surface area is 89.2 Å². The molecule has 0 atom stereocenters. The number of carbonyl (C=O) groups excluding carboxylic acids is 1. The van der Waals surface area contributed by atoms with Gasteiger partial charge in [-0.25, -0.2) is 0 Å². The minimum Gasteiger partial charge on any atom is -0.290 e. The van der Waals surface area contributed by atoms with Crippen molar-refractivity contribution < 1.29 is 4.79 Å². The zero-order valence-electron chi connectivity index (χ0n) is 8.31. The molecule has 0 saturated heterocycles. The Bertz CT molecular complexity index is 424. The van der Waals surface area contributed by atoms with Crippen LogP contribution in [0.25, 0.3) is 6.08 Å². The van der Waals surface area contributed by atoms with Crippen molar-refractivity contribution in [1.29, 1.82) is 5.26 Å². The van der Waals surface area contributed by atoms with Crippen molar-refractivity contribution >= 4 is 11.9 Å². The van der Waals surface area contributed by atoms with E-state index in [1.54, 1.807) is 6.08 Å². The second-order valence-corrected chi connectivity index (χ2v) is 2.98. The molecule has 0 bridgehead atoms. The normalized spacial score (nSPS) is 10.5. The number of ketones is 1. The Balaban J connectivity index is 3.00. The maximum absolute atomic E-state index is 11.4. The van der Waals surface area contributed by atoms with Gasteiger partial charge in [0.05, 0.1) is 12.5 Å². The fourth-order valence-corrected chi connectivity index (χ4v) is 1.18. The molecule has 1 rings (SSSR count). The molecule has 2 nitrogen and oxygen atoms in total. The van der Waals surface area contributed by atoms with E-state index in [9.17, 15) is 4.79 Å². The molecule has 2 heteroatoms. The average Bonchev–Trinajstić information content (AvgIpc) is 2.29. The van der Waals surface area contributed by atoms with Gasteiger partial charge in [-0.3, -0.25) is 4.79 Å². The number of carbonyl (C=O) groups is 1. The van der Waals surface area contributed by atoms with Crippen molar-refractivity contribution in [3.05, 3.63) is 54.1 Å². The van der Waals surface area contributed by atoms with Crippen molar-refractivity contribution in [2.45, 2.75) is 6.42 Å². The van der Waals surface area contributed by atoms with Crippen molar-refractivity contribution in [2.75, 3.05) is 0 Å². The highest BCUT2D eigenvalue weighted by Gasteiger charge is 2.04. The van der Waals surface area contributed by atoms with Gasteiger partial charge in [-0.05, 0) is 17.7 Å². The second-order valence-electron chi connectivity index (χ2n) is 2.98. The standard InChI is InChI=1S/C13H11NO/c1-2-13(15)12(8-9-14)10-11-6-4-3-5-7-11/h2-7,10H,1,8H2. The summed E-state index contributed by atoms with van der Waals surface area (Å²) < 4.78 is 0. The summed E-state index contributed by atoms with van der Waals surface area (Å²) in [6.45, 7) is 3.41. The van der Waals surface area contributed by atoms with Gasteiger partial charge in [-0.1, -0.05) is 36.9 Å². The summed E-state index contributed by atoms with van der Waals surface area (Å²) >= 11 is 0. The molecule has 1 aromatic carbocycles. The Hall–Kier alpha value is -2.14. The van der Waals surface area contributed by atoms with E-state index < -0.39 is 0 Å². The lowest BCUT2D eigenvalue weighted by atomic mass is 10.0. The van der Waals surface area contributed by atoms with Crippen LogP contribution < -0.4 is 0 Å². The summed E-state index contributed by atoms with van der Waals surface area (Å²) in [7, 11) is 0. The summed E-state index contributed by atoms with van der Waals surface area (Å²) in [6, 6.07) is 11.4. The number of nitrogens with zero attached hydrogens (tertiary/aromatic N) is 1. The molecule has 0 saturated carbocycles. The van der Waals surface area contributed by atoms with Crippen LogP contribution in [-0.4, -0.2) is 5.78 Å². The van der Waals surface area contributed by atoms with E-state index in [2.05, 4.69) is 6.58 Å². The largest absolute Gasteiger partial charge is 0.290 e. The van der Waals surface area contributed by atoms with Gasteiger partial charge in [0.25, 0.3) is 0 Å². The van der Waals surface area contributed by atoms with Gasteiger partial charge in [-0.2, -0.15) is 5.26 Å². The first kappa shape index (κ1) is 10.9. The zero-order valence-corrected chi connectivity index (χ0v) is 8.31. The molecule has 0 unspecified atom stereocenters. The molecule has 0 radical (unpaired) electrons. The van der Waals surface area contributed by atoms with E-state index >= 15 is 0 Å². The quantitative estimate of drug-likeness (QED) is 0.696. The molecule has 0 amide bonds. The average molecular weight is 197 g/mol. The van der Waals surface area contributed by atoms with E-state index in [0.717, 1.165) is 5.56 Å². The molecule has 0 fully saturated rings. The summed E-state index contributed by atoms with van der Waals surface area (Å²) in [5, 5.41) is 8.58. The van der Waals surface area contributed by atoms with E-state index in [1.807, 2.05) is 36.4 Å². The molecule has 0 aromatic heterocycles. The molecule has 0 aliphatic heterocycles. The number of hydrogen-bond acceptors (Lipinski definition) is 2. The number of benzene rings is 1. The molecule has 0 aliphatic rings. The SMILES string of the molecule is C=CC(=O)C(=Cc1ccccc1)CC#N. The fraction of sp³-hybridized carbons (Fsp3) is 0.0769. The summed E-state index contributed by atoms with van der Waals surface area (Å²) in [6.07, 6.45) is 3.05. The fourth-order valence-electron chi connectivity index (χ4n) is 1.18. The van der Waals surface area contributed by atoms with Crippen LogP contribution in [0, 0.1) is 11.3 Å². The maximum Gasteiger partial charge on any atom is 0.182 e. The Morgan fingerprint density at radius 1 is 1.40 bits per heavy atom. The van der Waals surface area contributed by atoms with Gasteiger partial charge in [-0.15, -0.1) is 0 Å². The second kappa shape index (κ2) is 5.56. The lowest BCUT2D eigenvalue weighted by molar-refractivity contribution is -0.111. The Morgan fingerprint density at radius 3 is 2.60 bits per heavy atom.